The molecule has 1 aliphatic heterocycles. The molecule has 1 N–H and O–H groups in total. The van der Waals surface area contributed by atoms with Crippen LogP contribution in [0.1, 0.15) is 60.6 Å². The molecule has 0 bridgehead atoms. The molecule has 2 aromatic rings. The first kappa shape index (κ1) is 22.3. The molecule has 0 aliphatic carbocycles. The summed E-state index contributed by atoms with van der Waals surface area (Å²) < 4.78 is 32.2. The molecule has 0 spiro atoms. The van der Waals surface area contributed by atoms with E-state index in [0.29, 0.717) is 30.8 Å². The van der Waals surface area contributed by atoms with Gasteiger partial charge in [-0.1, -0.05) is 30.7 Å². The van der Waals surface area contributed by atoms with Crippen LogP contribution >= 0.6 is 0 Å². The van der Waals surface area contributed by atoms with Gasteiger partial charge in [-0.05, 0) is 62.1 Å². The molecular formula is C23H30N2O4S. The molecule has 162 valence electrons. The highest BCUT2D eigenvalue weighted by molar-refractivity contribution is 7.88. The van der Waals surface area contributed by atoms with Crippen molar-refractivity contribution in [2.24, 2.45) is 0 Å². The molecule has 6 nitrogen and oxygen atoms in total. The standard InChI is InChI=1S/C23H30N2O4S/c1-3-29-22-13-11-20(12-14-22)18(2)24-23(26)21-9-7-19(8-10-21)17-30(27,28)25-15-5-4-6-16-25/h7-14,18H,3-6,15-17H2,1-2H3,(H,24,26). The zero-order valence-electron chi connectivity index (χ0n) is 17.6. The van der Waals surface area contributed by atoms with Crippen LogP contribution in [0.15, 0.2) is 48.5 Å². The summed E-state index contributed by atoms with van der Waals surface area (Å²) in [6, 6.07) is 14.3. The van der Waals surface area contributed by atoms with E-state index < -0.39 is 10.0 Å². The Bertz CT molecular complexity index is 934. The number of nitrogens with zero attached hydrogens (tertiary/aromatic N) is 1. The van der Waals surface area contributed by atoms with Crippen LogP contribution < -0.4 is 10.1 Å². The van der Waals surface area contributed by atoms with Crippen LogP contribution in [-0.2, 0) is 15.8 Å². The quantitative estimate of drug-likeness (QED) is 0.689. The summed E-state index contributed by atoms with van der Waals surface area (Å²) in [5, 5.41) is 2.98. The number of amides is 1. The maximum atomic E-state index is 12.6. The third kappa shape index (κ3) is 5.83. The number of hydrogen-bond donors (Lipinski definition) is 1. The Hall–Kier alpha value is -2.38. The maximum Gasteiger partial charge on any atom is 0.251 e. The van der Waals surface area contributed by atoms with Crippen LogP contribution in [0.4, 0.5) is 0 Å². The third-order valence-electron chi connectivity index (χ3n) is 5.31. The summed E-state index contributed by atoms with van der Waals surface area (Å²) in [5.41, 5.74) is 2.18. The van der Waals surface area contributed by atoms with Gasteiger partial charge in [0.15, 0.2) is 0 Å². The Morgan fingerprint density at radius 3 is 2.27 bits per heavy atom. The molecule has 0 radical (unpaired) electrons. The summed E-state index contributed by atoms with van der Waals surface area (Å²) in [6.45, 7) is 5.68. The van der Waals surface area contributed by atoms with Crippen molar-refractivity contribution in [3.05, 3.63) is 65.2 Å². The molecule has 3 rings (SSSR count). The second-order valence-electron chi connectivity index (χ2n) is 7.61. The van der Waals surface area contributed by atoms with E-state index in [2.05, 4.69) is 5.32 Å². The summed E-state index contributed by atoms with van der Waals surface area (Å²) in [6.07, 6.45) is 2.93. The fraction of sp³-hybridized carbons (Fsp3) is 0.435. The molecular weight excluding hydrogens is 400 g/mol. The monoisotopic (exact) mass is 430 g/mol. The molecule has 1 atom stereocenters. The molecule has 30 heavy (non-hydrogen) atoms. The number of piperidine rings is 1. The van der Waals surface area contributed by atoms with E-state index in [9.17, 15) is 13.2 Å². The molecule has 1 saturated heterocycles. The van der Waals surface area contributed by atoms with Crippen molar-refractivity contribution in [1.29, 1.82) is 0 Å². The predicted octanol–water partition coefficient (Wildman–Crippen LogP) is 3.89. The number of rotatable bonds is 8. The number of nitrogens with one attached hydrogen (secondary N) is 1. The van der Waals surface area contributed by atoms with Crippen LogP contribution in [0.25, 0.3) is 0 Å². The van der Waals surface area contributed by atoms with Crippen LogP contribution in [0.3, 0.4) is 0 Å². The lowest BCUT2D eigenvalue weighted by molar-refractivity contribution is 0.0940. The number of sulfonamides is 1. The zero-order chi connectivity index (χ0) is 21.6. The predicted molar refractivity (Wildman–Crippen MR) is 118 cm³/mol. The minimum atomic E-state index is -3.31. The van der Waals surface area contributed by atoms with E-state index in [1.54, 1.807) is 28.6 Å². The van der Waals surface area contributed by atoms with Gasteiger partial charge in [0, 0.05) is 18.7 Å². The lowest BCUT2D eigenvalue weighted by atomic mass is 10.1. The van der Waals surface area contributed by atoms with Crippen LogP contribution in [0, 0.1) is 0 Å². The van der Waals surface area contributed by atoms with Gasteiger partial charge in [-0.25, -0.2) is 12.7 Å². The molecule has 2 aromatic carbocycles. The van der Waals surface area contributed by atoms with Gasteiger partial charge in [-0.15, -0.1) is 0 Å². The van der Waals surface area contributed by atoms with Gasteiger partial charge in [-0.2, -0.15) is 0 Å². The van der Waals surface area contributed by atoms with Crippen molar-refractivity contribution in [3.8, 4) is 5.75 Å². The number of carbonyl (C=O) groups is 1. The van der Waals surface area contributed by atoms with E-state index in [4.69, 9.17) is 4.74 Å². The zero-order valence-corrected chi connectivity index (χ0v) is 18.5. The van der Waals surface area contributed by atoms with Crippen molar-refractivity contribution < 1.29 is 17.9 Å². The molecule has 1 heterocycles. The van der Waals surface area contributed by atoms with Gasteiger partial charge in [0.05, 0.1) is 18.4 Å². The van der Waals surface area contributed by atoms with E-state index in [0.717, 1.165) is 30.6 Å². The summed E-state index contributed by atoms with van der Waals surface area (Å²) >= 11 is 0. The summed E-state index contributed by atoms with van der Waals surface area (Å²) in [5.74, 6) is 0.578. The van der Waals surface area contributed by atoms with Gasteiger partial charge in [0.1, 0.15) is 5.75 Å². The number of benzene rings is 2. The summed E-state index contributed by atoms with van der Waals surface area (Å²) in [7, 11) is -3.31. The first-order chi connectivity index (χ1) is 14.4. The first-order valence-corrected chi connectivity index (χ1v) is 12.1. The fourth-order valence-corrected chi connectivity index (χ4v) is 5.19. The lowest BCUT2D eigenvalue weighted by Gasteiger charge is -2.25. The minimum absolute atomic E-state index is 0.0303. The van der Waals surface area contributed by atoms with Crippen molar-refractivity contribution in [3.63, 3.8) is 0 Å². The molecule has 1 fully saturated rings. The lowest BCUT2D eigenvalue weighted by Crippen LogP contribution is -2.36. The topological polar surface area (TPSA) is 75.7 Å². The van der Waals surface area contributed by atoms with Gasteiger partial charge in [0.25, 0.3) is 5.91 Å². The van der Waals surface area contributed by atoms with E-state index in [1.807, 2.05) is 38.1 Å². The van der Waals surface area contributed by atoms with Gasteiger partial charge < -0.3 is 10.1 Å². The Balaban J connectivity index is 1.59. The van der Waals surface area contributed by atoms with Crippen LogP contribution in [-0.4, -0.2) is 38.3 Å². The largest absolute Gasteiger partial charge is 0.494 e. The average Bonchev–Trinajstić information content (AvgIpc) is 2.75. The van der Waals surface area contributed by atoms with Gasteiger partial charge >= 0.3 is 0 Å². The smallest absolute Gasteiger partial charge is 0.251 e. The van der Waals surface area contributed by atoms with Gasteiger partial charge in [0.2, 0.25) is 10.0 Å². The number of carbonyl (C=O) groups excluding carboxylic acids is 1. The van der Waals surface area contributed by atoms with Crippen molar-refractivity contribution in [1.82, 2.24) is 9.62 Å². The second-order valence-corrected chi connectivity index (χ2v) is 9.58. The highest BCUT2D eigenvalue weighted by Crippen LogP contribution is 2.19. The average molecular weight is 431 g/mol. The Kier molecular flexibility index (Phi) is 7.50. The highest BCUT2D eigenvalue weighted by Gasteiger charge is 2.24. The molecule has 1 unspecified atom stereocenters. The molecule has 1 aliphatic rings. The van der Waals surface area contributed by atoms with Gasteiger partial charge in [-0.3, -0.25) is 4.79 Å². The highest BCUT2D eigenvalue weighted by atomic mass is 32.2. The Morgan fingerprint density at radius 2 is 1.67 bits per heavy atom. The molecule has 1 amide bonds. The fourth-order valence-electron chi connectivity index (χ4n) is 3.58. The van der Waals surface area contributed by atoms with E-state index in [-0.39, 0.29) is 17.7 Å². The molecule has 7 heteroatoms. The minimum Gasteiger partial charge on any atom is -0.494 e. The molecule has 0 aromatic heterocycles. The summed E-state index contributed by atoms with van der Waals surface area (Å²) in [4.78, 5) is 12.6. The van der Waals surface area contributed by atoms with Crippen LogP contribution in [0.5, 0.6) is 5.75 Å². The number of ether oxygens (including phenoxy) is 1. The SMILES string of the molecule is CCOc1ccc(C(C)NC(=O)c2ccc(CS(=O)(=O)N3CCCCC3)cc2)cc1. The number of hydrogen-bond acceptors (Lipinski definition) is 4. The van der Waals surface area contributed by atoms with E-state index in [1.165, 1.54) is 0 Å². The normalized spacial score (nSPS) is 16.1. The second kappa shape index (κ2) is 10.1. The first-order valence-electron chi connectivity index (χ1n) is 10.5. The Morgan fingerprint density at radius 1 is 1.03 bits per heavy atom. The maximum absolute atomic E-state index is 12.6. The van der Waals surface area contributed by atoms with Crippen molar-refractivity contribution in [2.75, 3.05) is 19.7 Å². The Labute approximate surface area is 179 Å². The molecule has 0 saturated carbocycles. The van der Waals surface area contributed by atoms with Crippen LogP contribution in [0.2, 0.25) is 0 Å². The van der Waals surface area contributed by atoms with Crippen molar-refractivity contribution >= 4 is 15.9 Å². The van der Waals surface area contributed by atoms with E-state index >= 15 is 0 Å². The third-order valence-corrected chi connectivity index (χ3v) is 7.16. The van der Waals surface area contributed by atoms with Crippen molar-refractivity contribution in [2.45, 2.75) is 44.9 Å².